The van der Waals surface area contributed by atoms with E-state index in [1.54, 1.807) is 0 Å². The number of sulfone groups is 1. The maximum Gasteiger partial charge on any atom is 0.399 e. The summed E-state index contributed by atoms with van der Waals surface area (Å²) in [4.78, 5) is 1.32. The van der Waals surface area contributed by atoms with Crippen LogP contribution in [-0.2, 0) is 9.84 Å². The van der Waals surface area contributed by atoms with Crippen molar-refractivity contribution in [2.24, 2.45) is 11.7 Å². The molecular formula is C9H16F3N3O2S. The van der Waals surface area contributed by atoms with E-state index in [9.17, 15) is 21.6 Å². The highest BCUT2D eigenvalue weighted by Crippen LogP contribution is 2.28. The van der Waals surface area contributed by atoms with Gasteiger partial charge < -0.3 is 10.6 Å². The fourth-order valence-electron chi connectivity index (χ4n) is 1.94. The fourth-order valence-corrected chi connectivity index (χ4v) is 3.74. The second-order valence-electron chi connectivity index (χ2n) is 4.55. The standard InChI is InChI=1S/C9H16F3N3O2S/c1-15(6-2-3-18(16,17)5-6)4-7(8(13)14)9(10,11)12/h6-7H,2-5H2,1H3,(H3,13,14). The summed E-state index contributed by atoms with van der Waals surface area (Å²) >= 11 is 0. The molecule has 3 N–H and O–H groups in total. The van der Waals surface area contributed by atoms with Crippen LogP contribution in [0.1, 0.15) is 6.42 Å². The van der Waals surface area contributed by atoms with Gasteiger partial charge in [-0.15, -0.1) is 0 Å². The molecule has 1 aliphatic rings. The number of rotatable bonds is 4. The van der Waals surface area contributed by atoms with Crippen LogP contribution in [0, 0.1) is 11.3 Å². The lowest BCUT2D eigenvalue weighted by Gasteiger charge is -2.28. The van der Waals surface area contributed by atoms with Gasteiger partial charge in [-0.1, -0.05) is 0 Å². The summed E-state index contributed by atoms with van der Waals surface area (Å²) in [5.74, 6) is -3.13. The van der Waals surface area contributed by atoms with Crippen LogP contribution < -0.4 is 5.73 Å². The maximum atomic E-state index is 12.6. The van der Waals surface area contributed by atoms with Crippen LogP contribution in [-0.4, -0.2) is 56.5 Å². The van der Waals surface area contributed by atoms with E-state index in [1.807, 2.05) is 0 Å². The molecule has 2 atom stereocenters. The summed E-state index contributed by atoms with van der Waals surface area (Å²) in [7, 11) is -1.72. The summed E-state index contributed by atoms with van der Waals surface area (Å²) in [6, 6.07) is -0.431. The molecule has 0 radical (unpaired) electrons. The van der Waals surface area contributed by atoms with Crippen LogP contribution >= 0.6 is 0 Å². The molecule has 0 aromatic carbocycles. The first-order valence-corrected chi connectivity index (χ1v) is 7.16. The Bertz CT molecular complexity index is 421. The van der Waals surface area contributed by atoms with Crippen molar-refractivity contribution in [2.75, 3.05) is 25.1 Å². The Labute approximate surface area is 104 Å². The van der Waals surface area contributed by atoms with Gasteiger partial charge in [0.25, 0.3) is 0 Å². The zero-order chi connectivity index (χ0) is 14.1. The molecule has 18 heavy (non-hydrogen) atoms. The van der Waals surface area contributed by atoms with Gasteiger partial charge in [0.15, 0.2) is 9.84 Å². The van der Waals surface area contributed by atoms with Crippen molar-refractivity contribution in [3.8, 4) is 0 Å². The predicted octanol–water partition coefficient (Wildman–Crippen LogP) is 0.220. The average Bonchev–Trinajstić information content (AvgIpc) is 2.52. The molecule has 1 rings (SSSR count). The molecule has 0 aromatic heterocycles. The van der Waals surface area contributed by atoms with Crippen LogP contribution in [0.5, 0.6) is 0 Å². The van der Waals surface area contributed by atoms with E-state index in [1.165, 1.54) is 11.9 Å². The molecule has 0 bridgehead atoms. The molecule has 0 amide bonds. The Morgan fingerprint density at radius 1 is 1.56 bits per heavy atom. The Balaban J connectivity index is 2.69. The first-order valence-electron chi connectivity index (χ1n) is 5.34. The zero-order valence-corrected chi connectivity index (χ0v) is 10.7. The van der Waals surface area contributed by atoms with Gasteiger partial charge in [0.05, 0.1) is 11.5 Å². The normalized spacial score (nSPS) is 25.3. The monoisotopic (exact) mass is 287 g/mol. The van der Waals surface area contributed by atoms with Crippen molar-refractivity contribution in [2.45, 2.75) is 18.6 Å². The van der Waals surface area contributed by atoms with Crippen molar-refractivity contribution in [1.82, 2.24) is 4.90 Å². The maximum absolute atomic E-state index is 12.6. The largest absolute Gasteiger partial charge is 0.399 e. The van der Waals surface area contributed by atoms with Crippen LogP contribution in [0.2, 0.25) is 0 Å². The van der Waals surface area contributed by atoms with Crippen molar-refractivity contribution < 1.29 is 21.6 Å². The van der Waals surface area contributed by atoms with E-state index in [2.05, 4.69) is 0 Å². The van der Waals surface area contributed by atoms with Crippen molar-refractivity contribution in [1.29, 1.82) is 5.41 Å². The number of alkyl halides is 3. The minimum atomic E-state index is -4.59. The van der Waals surface area contributed by atoms with E-state index in [0.717, 1.165) is 0 Å². The predicted molar refractivity (Wildman–Crippen MR) is 61.1 cm³/mol. The van der Waals surface area contributed by atoms with Gasteiger partial charge in [0, 0.05) is 12.6 Å². The highest BCUT2D eigenvalue weighted by Gasteiger charge is 2.43. The van der Waals surface area contributed by atoms with Crippen molar-refractivity contribution >= 4 is 15.7 Å². The average molecular weight is 287 g/mol. The molecule has 0 aromatic rings. The molecule has 106 valence electrons. The third-order valence-electron chi connectivity index (χ3n) is 3.07. The number of hydrogen-bond donors (Lipinski definition) is 2. The molecule has 1 aliphatic heterocycles. The molecule has 1 saturated heterocycles. The van der Waals surface area contributed by atoms with Gasteiger partial charge in [-0.2, -0.15) is 13.2 Å². The first kappa shape index (κ1) is 15.2. The summed E-state index contributed by atoms with van der Waals surface area (Å²) in [5.41, 5.74) is 4.94. The number of nitrogens with two attached hydrogens (primary N) is 1. The fraction of sp³-hybridized carbons (Fsp3) is 0.889. The van der Waals surface area contributed by atoms with E-state index in [4.69, 9.17) is 11.1 Å². The number of nitrogens with one attached hydrogen (secondary N) is 1. The number of amidine groups is 1. The van der Waals surface area contributed by atoms with Crippen LogP contribution in [0.4, 0.5) is 13.2 Å². The Kier molecular flexibility index (Phi) is 4.26. The minimum absolute atomic E-state index is 0.00123. The second-order valence-corrected chi connectivity index (χ2v) is 6.77. The van der Waals surface area contributed by atoms with E-state index < -0.39 is 40.4 Å². The molecule has 0 aliphatic carbocycles. The van der Waals surface area contributed by atoms with Crippen molar-refractivity contribution in [3.05, 3.63) is 0 Å². The van der Waals surface area contributed by atoms with Gasteiger partial charge in [0.1, 0.15) is 11.8 Å². The summed E-state index contributed by atoms with van der Waals surface area (Å²) in [5, 5.41) is 6.96. The minimum Gasteiger partial charge on any atom is -0.387 e. The summed E-state index contributed by atoms with van der Waals surface area (Å²) in [6.45, 7) is -0.487. The molecule has 1 heterocycles. The lowest BCUT2D eigenvalue weighted by atomic mass is 10.1. The quantitative estimate of drug-likeness (QED) is 0.572. The van der Waals surface area contributed by atoms with Gasteiger partial charge in [-0.3, -0.25) is 5.41 Å². The van der Waals surface area contributed by atoms with Gasteiger partial charge in [-0.05, 0) is 13.5 Å². The highest BCUT2D eigenvalue weighted by molar-refractivity contribution is 7.91. The highest BCUT2D eigenvalue weighted by atomic mass is 32.2. The molecule has 2 unspecified atom stereocenters. The zero-order valence-electron chi connectivity index (χ0n) is 9.87. The van der Waals surface area contributed by atoms with Crippen LogP contribution in [0.25, 0.3) is 0 Å². The first-order chi connectivity index (χ1) is 8.03. The van der Waals surface area contributed by atoms with Crippen LogP contribution in [0.15, 0.2) is 0 Å². The lowest BCUT2D eigenvalue weighted by Crippen LogP contribution is -2.46. The number of hydrogen-bond acceptors (Lipinski definition) is 4. The molecule has 1 fully saturated rings. The second kappa shape index (κ2) is 5.04. The van der Waals surface area contributed by atoms with E-state index in [-0.39, 0.29) is 11.5 Å². The van der Waals surface area contributed by atoms with E-state index >= 15 is 0 Å². The Hall–Kier alpha value is -0.830. The molecular weight excluding hydrogens is 271 g/mol. The molecule has 0 saturated carbocycles. The molecule has 5 nitrogen and oxygen atoms in total. The Morgan fingerprint density at radius 3 is 2.44 bits per heavy atom. The van der Waals surface area contributed by atoms with Gasteiger partial charge in [0.2, 0.25) is 0 Å². The van der Waals surface area contributed by atoms with Gasteiger partial charge in [-0.25, -0.2) is 8.42 Å². The number of nitrogens with zero attached hydrogens (tertiary/aromatic N) is 1. The lowest BCUT2D eigenvalue weighted by molar-refractivity contribution is -0.160. The third-order valence-corrected chi connectivity index (χ3v) is 4.82. The van der Waals surface area contributed by atoms with Crippen LogP contribution in [0.3, 0.4) is 0 Å². The number of halogens is 3. The molecule has 9 heteroatoms. The molecule has 0 spiro atoms. The smallest absolute Gasteiger partial charge is 0.387 e. The Morgan fingerprint density at radius 2 is 2.11 bits per heavy atom. The summed E-state index contributed by atoms with van der Waals surface area (Å²) < 4.78 is 60.3. The topological polar surface area (TPSA) is 87.2 Å². The summed E-state index contributed by atoms with van der Waals surface area (Å²) in [6.07, 6.45) is -4.26. The third kappa shape index (κ3) is 3.84. The SMILES string of the molecule is CN(CC(C(=N)N)C(F)(F)F)C1CCS(=O)(=O)C1. The van der Waals surface area contributed by atoms with Gasteiger partial charge >= 0.3 is 6.18 Å². The van der Waals surface area contributed by atoms with E-state index in [0.29, 0.717) is 6.42 Å². The van der Waals surface area contributed by atoms with Crippen molar-refractivity contribution in [3.63, 3.8) is 0 Å².